The van der Waals surface area contributed by atoms with Crippen molar-refractivity contribution < 1.29 is 0 Å². The molecule has 0 aliphatic carbocycles. The first-order chi connectivity index (χ1) is 10.2. The predicted octanol–water partition coefficient (Wildman–Crippen LogP) is 3.05. The fourth-order valence-electron chi connectivity index (χ4n) is 2.90. The van der Waals surface area contributed by atoms with Gasteiger partial charge in [-0.2, -0.15) is 4.37 Å². The van der Waals surface area contributed by atoms with Crippen LogP contribution in [-0.2, 0) is 0 Å². The minimum atomic E-state index is 0.576. The Labute approximate surface area is 133 Å². The van der Waals surface area contributed by atoms with Gasteiger partial charge in [0.25, 0.3) is 0 Å². The van der Waals surface area contributed by atoms with E-state index in [2.05, 4.69) is 31.9 Å². The van der Waals surface area contributed by atoms with Gasteiger partial charge in [-0.05, 0) is 44.4 Å². The van der Waals surface area contributed by atoms with Crippen LogP contribution in [0.5, 0.6) is 0 Å². The Balaban J connectivity index is 1.74. The number of anilines is 2. The minimum absolute atomic E-state index is 0.576. The first-order valence-corrected chi connectivity index (χ1v) is 9.00. The van der Waals surface area contributed by atoms with Gasteiger partial charge < -0.3 is 11.1 Å². The lowest BCUT2D eigenvalue weighted by Gasteiger charge is -2.23. The zero-order valence-corrected chi connectivity index (χ0v) is 14.1. The molecule has 0 radical (unpaired) electrons. The molecular formula is C14H21N5S2. The van der Waals surface area contributed by atoms with Gasteiger partial charge in [0.15, 0.2) is 0 Å². The maximum Gasteiger partial charge on any atom is 0.148 e. The van der Waals surface area contributed by atoms with Gasteiger partial charge in [0.1, 0.15) is 10.8 Å². The standard InChI is InChI=1S/C14H21N5S2/c1-3-19-6-4-5-10(19)7-16-14-12(13(15)18-21-14)11-8-20-9(2)17-11/h8,10,16H,3-7H2,1-2H3,(H2,15,18). The molecule has 0 spiro atoms. The highest BCUT2D eigenvalue weighted by atomic mass is 32.1. The maximum absolute atomic E-state index is 6.03. The lowest BCUT2D eigenvalue weighted by atomic mass is 10.2. The van der Waals surface area contributed by atoms with Crippen molar-refractivity contribution in [2.45, 2.75) is 32.7 Å². The summed E-state index contributed by atoms with van der Waals surface area (Å²) in [6.07, 6.45) is 2.56. The van der Waals surface area contributed by atoms with Crippen LogP contribution in [-0.4, -0.2) is 39.9 Å². The second kappa shape index (κ2) is 6.29. The van der Waals surface area contributed by atoms with Gasteiger partial charge in [0, 0.05) is 18.0 Å². The third kappa shape index (κ3) is 3.04. The molecule has 1 aliphatic heterocycles. The summed E-state index contributed by atoms with van der Waals surface area (Å²) in [5.74, 6) is 0.576. The summed E-state index contributed by atoms with van der Waals surface area (Å²) >= 11 is 3.07. The third-order valence-electron chi connectivity index (χ3n) is 4.00. The van der Waals surface area contributed by atoms with Crippen molar-refractivity contribution in [1.82, 2.24) is 14.3 Å². The van der Waals surface area contributed by atoms with E-state index in [0.29, 0.717) is 11.9 Å². The molecule has 1 unspecified atom stereocenters. The van der Waals surface area contributed by atoms with Crippen molar-refractivity contribution in [3.63, 3.8) is 0 Å². The molecule has 1 fully saturated rings. The molecular weight excluding hydrogens is 302 g/mol. The topological polar surface area (TPSA) is 67.1 Å². The number of nitrogens with two attached hydrogens (primary N) is 1. The van der Waals surface area contributed by atoms with Crippen LogP contribution in [0.15, 0.2) is 5.38 Å². The Kier molecular flexibility index (Phi) is 4.42. The Bertz CT molecular complexity index is 606. The van der Waals surface area contributed by atoms with Crippen molar-refractivity contribution in [2.75, 3.05) is 30.7 Å². The molecule has 114 valence electrons. The molecule has 1 atom stereocenters. The summed E-state index contributed by atoms with van der Waals surface area (Å²) in [6.45, 7) is 7.52. The van der Waals surface area contributed by atoms with Crippen molar-refractivity contribution in [2.24, 2.45) is 0 Å². The maximum atomic E-state index is 6.03. The van der Waals surface area contributed by atoms with E-state index in [4.69, 9.17) is 5.73 Å². The van der Waals surface area contributed by atoms with Crippen molar-refractivity contribution >= 4 is 33.7 Å². The predicted molar refractivity (Wildman–Crippen MR) is 91.1 cm³/mol. The molecule has 3 rings (SSSR count). The minimum Gasteiger partial charge on any atom is -0.382 e. The number of likely N-dealkylation sites (tertiary alicyclic amines) is 1. The molecule has 0 bridgehead atoms. The van der Waals surface area contributed by atoms with E-state index < -0.39 is 0 Å². The third-order valence-corrected chi connectivity index (χ3v) is 5.59. The SMILES string of the molecule is CCN1CCCC1CNc1snc(N)c1-c1csc(C)n1. The number of nitrogens with zero attached hydrogens (tertiary/aromatic N) is 3. The Morgan fingerprint density at radius 3 is 3.10 bits per heavy atom. The largest absolute Gasteiger partial charge is 0.382 e. The Morgan fingerprint density at radius 1 is 1.52 bits per heavy atom. The number of rotatable bonds is 5. The summed E-state index contributed by atoms with van der Waals surface area (Å²) in [5, 5.41) is 7.69. The van der Waals surface area contributed by atoms with Gasteiger partial charge in [-0.3, -0.25) is 4.90 Å². The smallest absolute Gasteiger partial charge is 0.148 e. The van der Waals surface area contributed by atoms with Crippen LogP contribution in [0.25, 0.3) is 11.3 Å². The van der Waals surface area contributed by atoms with E-state index in [-0.39, 0.29) is 0 Å². The molecule has 1 aliphatic rings. The van der Waals surface area contributed by atoms with E-state index in [0.717, 1.165) is 34.4 Å². The van der Waals surface area contributed by atoms with E-state index in [1.807, 2.05) is 6.92 Å². The van der Waals surface area contributed by atoms with E-state index in [9.17, 15) is 0 Å². The molecule has 5 nitrogen and oxygen atoms in total. The van der Waals surface area contributed by atoms with Gasteiger partial charge in [-0.15, -0.1) is 11.3 Å². The zero-order chi connectivity index (χ0) is 14.8. The summed E-state index contributed by atoms with van der Waals surface area (Å²) < 4.78 is 4.29. The normalized spacial score (nSPS) is 19.2. The summed E-state index contributed by atoms with van der Waals surface area (Å²) in [6, 6.07) is 0.614. The fraction of sp³-hybridized carbons (Fsp3) is 0.571. The van der Waals surface area contributed by atoms with Crippen LogP contribution < -0.4 is 11.1 Å². The first kappa shape index (κ1) is 14.7. The molecule has 7 heteroatoms. The molecule has 2 aromatic heterocycles. The average molecular weight is 323 g/mol. The van der Waals surface area contributed by atoms with E-state index in [1.54, 1.807) is 11.3 Å². The highest BCUT2D eigenvalue weighted by molar-refractivity contribution is 7.11. The van der Waals surface area contributed by atoms with Crippen LogP contribution in [0, 0.1) is 6.92 Å². The fourth-order valence-corrected chi connectivity index (χ4v) is 4.24. The van der Waals surface area contributed by atoms with Crippen molar-refractivity contribution in [3.05, 3.63) is 10.4 Å². The molecule has 3 N–H and O–H groups in total. The molecule has 0 aromatic carbocycles. The zero-order valence-electron chi connectivity index (χ0n) is 12.4. The van der Waals surface area contributed by atoms with Gasteiger partial charge in [-0.25, -0.2) is 4.98 Å². The van der Waals surface area contributed by atoms with Crippen LogP contribution in [0.3, 0.4) is 0 Å². The van der Waals surface area contributed by atoms with Gasteiger partial charge >= 0.3 is 0 Å². The quantitative estimate of drug-likeness (QED) is 0.885. The lowest BCUT2D eigenvalue weighted by Crippen LogP contribution is -2.34. The Morgan fingerprint density at radius 2 is 2.38 bits per heavy atom. The van der Waals surface area contributed by atoms with E-state index in [1.165, 1.54) is 30.9 Å². The van der Waals surface area contributed by atoms with Crippen LogP contribution in [0.1, 0.15) is 24.8 Å². The molecule has 21 heavy (non-hydrogen) atoms. The number of likely N-dealkylation sites (N-methyl/N-ethyl adjacent to an activating group) is 1. The number of aromatic nitrogens is 2. The Hall–Kier alpha value is -1.18. The molecule has 1 saturated heterocycles. The number of nitrogen functional groups attached to an aromatic ring is 1. The number of nitrogens with one attached hydrogen (secondary N) is 1. The average Bonchev–Trinajstić information content (AvgIpc) is 3.16. The van der Waals surface area contributed by atoms with Crippen LogP contribution in [0.4, 0.5) is 10.8 Å². The second-order valence-electron chi connectivity index (χ2n) is 5.33. The molecule has 0 saturated carbocycles. The van der Waals surface area contributed by atoms with Gasteiger partial charge in [-0.1, -0.05) is 6.92 Å². The number of thiazole rings is 1. The van der Waals surface area contributed by atoms with Crippen LogP contribution >= 0.6 is 22.9 Å². The number of hydrogen-bond donors (Lipinski definition) is 2. The summed E-state index contributed by atoms with van der Waals surface area (Å²) in [4.78, 5) is 7.07. The molecule has 0 amide bonds. The van der Waals surface area contributed by atoms with Crippen LogP contribution in [0.2, 0.25) is 0 Å². The van der Waals surface area contributed by atoms with Gasteiger partial charge in [0.05, 0.1) is 16.3 Å². The monoisotopic (exact) mass is 323 g/mol. The van der Waals surface area contributed by atoms with E-state index >= 15 is 0 Å². The highest BCUT2D eigenvalue weighted by Crippen LogP contribution is 2.37. The number of aryl methyl sites for hydroxylation is 1. The summed E-state index contributed by atoms with van der Waals surface area (Å²) in [5.41, 5.74) is 7.93. The van der Waals surface area contributed by atoms with Gasteiger partial charge in [0.2, 0.25) is 0 Å². The number of hydrogen-bond acceptors (Lipinski definition) is 7. The highest BCUT2D eigenvalue weighted by Gasteiger charge is 2.24. The lowest BCUT2D eigenvalue weighted by molar-refractivity contribution is 0.277. The van der Waals surface area contributed by atoms with Crippen molar-refractivity contribution in [3.8, 4) is 11.3 Å². The van der Waals surface area contributed by atoms with Crippen molar-refractivity contribution in [1.29, 1.82) is 0 Å². The summed E-state index contributed by atoms with van der Waals surface area (Å²) in [7, 11) is 0. The molecule has 3 heterocycles. The second-order valence-corrected chi connectivity index (χ2v) is 7.16. The molecule has 2 aromatic rings. The first-order valence-electron chi connectivity index (χ1n) is 7.34.